The fourth-order valence-electron chi connectivity index (χ4n) is 3.10. The average Bonchev–Trinajstić information content (AvgIpc) is 3.26. The van der Waals surface area contributed by atoms with Gasteiger partial charge in [-0.2, -0.15) is 0 Å². The molecule has 1 aliphatic rings. The highest BCUT2D eigenvalue weighted by atomic mass is 16.6. The first kappa shape index (κ1) is 21.8. The second kappa shape index (κ2) is 8.45. The van der Waals surface area contributed by atoms with Gasteiger partial charge in [0.15, 0.2) is 29.3 Å². The summed E-state index contributed by atoms with van der Waals surface area (Å²) in [4.78, 5) is 36.9. The van der Waals surface area contributed by atoms with Crippen molar-refractivity contribution in [1.29, 1.82) is 0 Å². The van der Waals surface area contributed by atoms with Crippen molar-refractivity contribution in [3.05, 3.63) is 12.7 Å². The van der Waals surface area contributed by atoms with E-state index in [0.29, 0.717) is 0 Å². The molecule has 3 unspecified atom stereocenters. The van der Waals surface area contributed by atoms with E-state index >= 15 is 0 Å². The van der Waals surface area contributed by atoms with E-state index in [0.717, 1.165) is 11.2 Å². The normalized spacial score (nSPS) is 25.8. The van der Waals surface area contributed by atoms with Gasteiger partial charge in [0.25, 0.3) is 0 Å². The van der Waals surface area contributed by atoms with Gasteiger partial charge >= 0.3 is 12.0 Å². The van der Waals surface area contributed by atoms with Gasteiger partial charge in [0, 0.05) is 7.05 Å². The zero-order valence-electron chi connectivity index (χ0n) is 16.0. The van der Waals surface area contributed by atoms with E-state index in [-0.39, 0.29) is 17.0 Å². The number of amides is 2. The minimum Gasteiger partial charge on any atom is -0.480 e. The lowest BCUT2D eigenvalue weighted by Gasteiger charge is -2.22. The number of nitrogens with zero attached hydrogens (tertiary/aromatic N) is 5. The molecule has 164 valence electrons. The predicted molar refractivity (Wildman–Crippen MR) is 98.4 cm³/mol. The number of hydrogen-bond donors (Lipinski definition) is 6. The van der Waals surface area contributed by atoms with E-state index in [9.17, 15) is 30.0 Å². The fourth-order valence-corrected chi connectivity index (χ4v) is 3.10. The maximum atomic E-state index is 12.5. The molecule has 0 aliphatic carbocycles. The van der Waals surface area contributed by atoms with Crippen LogP contribution in [0.4, 0.5) is 10.6 Å². The number of carbonyl (C=O) groups is 2. The Morgan fingerprint density at radius 3 is 2.57 bits per heavy atom. The van der Waals surface area contributed by atoms with Gasteiger partial charge in [-0.1, -0.05) is 0 Å². The van der Waals surface area contributed by atoms with Gasteiger partial charge in [0.1, 0.15) is 24.6 Å². The summed E-state index contributed by atoms with van der Waals surface area (Å²) in [5, 5.41) is 50.3. The van der Waals surface area contributed by atoms with E-state index in [1.807, 2.05) is 0 Å². The van der Waals surface area contributed by atoms with Crippen LogP contribution in [0.15, 0.2) is 12.7 Å². The van der Waals surface area contributed by atoms with Crippen LogP contribution in [0.2, 0.25) is 0 Å². The Morgan fingerprint density at radius 1 is 1.30 bits per heavy atom. The van der Waals surface area contributed by atoms with Crippen LogP contribution in [0.3, 0.4) is 0 Å². The number of carboxylic acid groups (broad SMARTS) is 1. The number of urea groups is 1. The minimum absolute atomic E-state index is 0.0257. The van der Waals surface area contributed by atoms with Crippen molar-refractivity contribution in [2.24, 2.45) is 0 Å². The SMILES string of the molecule is CC(O)C(NC(=O)N(C)c1ncnc2c1ncn2C1O[C@H](CO)[C@@H](O)[C@H]1O)C(=O)O. The van der Waals surface area contributed by atoms with Crippen LogP contribution in [0.1, 0.15) is 13.2 Å². The van der Waals surface area contributed by atoms with Crippen LogP contribution < -0.4 is 10.2 Å². The summed E-state index contributed by atoms with van der Waals surface area (Å²) in [6.45, 7) is 0.725. The Hall–Kier alpha value is -2.91. The topological polar surface area (TPSA) is 203 Å². The summed E-state index contributed by atoms with van der Waals surface area (Å²) < 4.78 is 6.79. The largest absolute Gasteiger partial charge is 0.480 e. The molecule has 14 nitrogen and oxygen atoms in total. The number of nitrogens with one attached hydrogen (secondary N) is 1. The van der Waals surface area contributed by atoms with Crippen LogP contribution >= 0.6 is 0 Å². The Morgan fingerprint density at radius 2 is 2.00 bits per heavy atom. The van der Waals surface area contributed by atoms with Crippen molar-refractivity contribution in [3.63, 3.8) is 0 Å². The van der Waals surface area contributed by atoms with Crippen LogP contribution in [-0.2, 0) is 9.53 Å². The van der Waals surface area contributed by atoms with Crippen LogP contribution in [0, 0.1) is 0 Å². The summed E-state index contributed by atoms with van der Waals surface area (Å²) in [7, 11) is 1.32. The lowest BCUT2D eigenvalue weighted by Crippen LogP contribution is -2.51. The Bertz CT molecular complexity index is 936. The first-order valence-corrected chi connectivity index (χ1v) is 8.92. The molecule has 0 spiro atoms. The lowest BCUT2D eigenvalue weighted by atomic mass is 10.1. The Labute approximate surface area is 169 Å². The van der Waals surface area contributed by atoms with E-state index < -0.39 is 55.3 Å². The van der Waals surface area contributed by atoms with E-state index in [2.05, 4.69) is 20.3 Å². The van der Waals surface area contributed by atoms with E-state index in [1.54, 1.807) is 0 Å². The van der Waals surface area contributed by atoms with E-state index in [4.69, 9.17) is 9.84 Å². The highest BCUT2D eigenvalue weighted by Crippen LogP contribution is 2.32. The Balaban J connectivity index is 1.90. The first-order valence-electron chi connectivity index (χ1n) is 8.92. The quantitative estimate of drug-likeness (QED) is 0.283. The number of carbonyl (C=O) groups excluding carboxylic acids is 1. The third-order valence-electron chi connectivity index (χ3n) is 4.78. The molecule has 14 heteroatoms. The van der Waals surface area contributed by atoms with Gasteiger partial charge in [-0.15, -0.1) is 0 Å². The van der Waals surface area contributed by atoms with Crippen LogP contribution in [-0.4, -0.2) is 101 Å². The van der Waals surface area contributed by atoms with E-state index in [1.165, 1.54) is 24.9 Å². The van der Waals surface area contributed by atoms with Crippen LogP contribution in [0.5, 0.6) is 0 Å². The van der Waals surface area contributed by atoms with Gasteiger partial charge < -0.3 is 35.6 Å². The van der Waals surface area contributed by atoms with Crippen molar-refractivity contribution in [1.82, 2.24) is 24.8 Å². The van der Waals surface area contributed by atoms with Gasteiger partial charge in [-0.3, -0.25) is 9.47 Å². The monoisotopic (exact) mass is 426 g/mol. The second-order valence-corrected chi connectivity index (χ2v) is 6.82. The number of aromatic nitrogens is 4. The molecule has 6 atom stereocenters. The van der Waals surface area contributed by atoms with Crippen LogP contribution in [0.25, 0.3) is 11.2 Å². The summed E-state index contributed by atoms with van der Waals surface area (Å²) in [6.07, 6.45) is -3.70. The van der Waals surface area contributed by atoms with Gasteiger partial charge in [-0.05, 0) is 6.92 Å². The zero-order valence-corrected chi connectivity index (χ0v) is 16.0. The molecule has 1 aliphatic heterocycles. The molecule has 0 aromatic carbocycles. The number of hydrogen-bond acceptors (Lipinski definition) is 10. The molecule has 6 N–H and O–H groups in total. The molecule has 0 bridgehead atoms. The maximum absolute atomic E-state index is 12.5. The summed E-state index contributed by atoms with van der Waals surface area (Å²) >= 11 is 0. The third kappa shape index (κ3) is 3.78. The molecule has 2 aromatic heterocycles. The minimum atomic E-state index is -1.53. The fraction of sp³-hybridized carbons (Fsp3) is 0.562. The highest BCUT2D eigenvalue weighted by Gasteiger charge is 2.44. The van der Waals surface area contributed by atoms with Gasteiger partial charge in [0.05, 0.1) is 19.0 Å². The standard InChI is InChI=1S/C16H22N6O8/c1-6(24)8(15(27)28)20-16(29)21(2)12-9-13(18-4-17-12)22(5-19-9)14-11(26)10(25)7(3-23)30-14/h4-8,10-11,14,23-26H,3H2,1-2H3,(H,20,29)(H,27,28)/t6?,7-,8?,10-,11-,14?/m1/s1. The number of rotatable bonds is 6. The Kier molecular flexibility index (Phi) is 6.14. The number of imidazole rings is 1. The molecule has 30 heavy (non-hydrogen) atoms. The number of aliphatic hydroxyl groups is 4. The second-order valence-electron chi connectivity index (χ2n) is 6.82. The molecule has 1 saturated heterocycles. The first-order chi connectivity index (χ1) is 14.2. The molecule has 0 saturated carbocycles. The molecule has 0 radical (unpaired) electrons. The van der Waals surface area contributed by atoms with Crippen molar-refractivity contribution in [3.8, 4) is 0 Å². The predicted octanol–water partition coefficient (Wildman–Crippen LogP) is -2.58. The molecular weight excluding hydrogens is 404 g/mol. The molecule has 3 rings (SSSR count). The molecule has 3 heterocycles. The number of carboxylic acids is 1. The van der Waals surface area contributed by atoms with Crippen molar-refractivity contribution >= 4 is 29.0 Å². The number of aliphatic hydroxyl groups excluding tert-OH is 4. The zero-order chi connectivity index (χ0) is 22.2. The number of ether oxygens (including phenoxy) is 1. The maximum Gasteiger partial charge on any atom is 0.328 e. The number of aliphatic carboxylic acids is 1. The molecule has 1 fully saturated rings. The smallest absolute Gasteiger partial charge is 0.328 e. The van der Waals surface area contributed by atoms with Gasteiger partial charge in [-0.25, -0.2) is 24.5 Å². The van der Waals surface area contributed by atoms with Gasteiger partial charge in [0.2, 0.25) is 0 Å². The molecule has 2 amide bonds. The van der Waals surface area contributed by atoms with Crippen molar-refractivity contribution < 1.29 is 39.9 Å². The third-order valence-corrected chi connectivity index (χ3v) is 4.78. The molecule has 2 aromatic rings. The summed E-state index contributed by atoms with van der Waals surface area (Å²) in [5.41, 5.74) is 0.302. The lowest BCUT2D eigenvalue weighted by molar-refractivity contribution is -0.141. The number of anilines is 1. The average molecular weight is 426 g/mol. The highest BCUT2D eigenvalue weighted by molar-refractivity contribution is 5.99. The van der Waals surface area contributed by atoms with Crippen molar-refractivity contribution in [2.75, 3.05) is 18.6 Å². The molecular formula is C16H22N6O8. The summed E-state index contributed by atoms with van der Waals surface area (Å²) in [5.74, 6) is -1.38. The van der Waals surface area contributed by atoms with Crippen molar-refractivity contribution in [2.45, 2.75) is 43.6 Å². The number of fused-ring (bicyclic) bond motifs is 1. The summed E-state index contributed by atoms with van der Waals surface area (Å²) in [6, 6.07) is -2.39.